The molecular weight excluding hydrogens is 250 g/mol. The van der Waals surface area contributed by atoms with Crippen LogP contribution in [0.25, 0.3) is 0 Å². The molecule has 0 atom stereocenters. The standard InChI is InChI=1S/C16H21N3O/c1-19(12-14-6-3-2-4-7-14)11-5-10-18-15(20)16(13-17)8-9-16/h2-4,6-7H,5,8-12H2,1H3,(H,18,20). The van der Waals surface area contributed by atoms with Crippen molar-refractivity contribution in [1.29, 1.82) is 5.26 Å². The van der Waals surface area contributed by atoms with Crippen LogP contribution >= 0.6 is 0 Å². The number of nitrogens with one attached hydrogen (secondary N) is 1. The summed E-state index contributed by atoms with van der Waals surface area (Å²) in [6.45, 7) is 2.48. The van der Waals surface area contributed by atoms with E-state index in [4.69, 9.17) is 5.26 Å². The van der Waals surface area contributed by atoms with E-state index >= 15 is 0 Å². The van der Waals surface area contributed by atoms with Gasteiger partial charge in [-0.2, -0.15) is 5.26 Å². The Morgan fingerprint density at radius 2 is 2.10 bits per heavy atom. The summed E-state index contributed by atoms with van der Waals surface area (Å²) in [6.07, 6.45) is 2.32. The van der Waals surface area contributed by atoms with Crippen molar-refractivity contribution in [3.63, 3.8) is 0 Å². The van der Waals surface area contributed by atoms with Crippen molar-refractivity contribution in [2.45, 2.75) is 25.8 Å². The van der Waals surface area contributed by atoms with Gasteiger partial charge in [-0.3, -0.25) is 4.79 Å². The quantitative estimate of drug-likeness (QED) is 0.771. The first-order valence-corrected chi connectivity index (χ1v) is 7.08. The number of nitrogens with zero attached hydrogens (tertiary/aromatic N) is 2. The monoisotopic (exact) mass is 271 g/mol. The summed E-state index contributed by atoms with van der Waals surface area (Å²) in [4.78, 5) is 14.0. The van der Waals surface area contributed by atoms with Crippen molar-refractivity contribution >= 4 is 5.91 Å². The fourth-order valence-corrected chi connectivity index (χ4v) is 2.21. The molecule has 0 unspecified atom stereocenters. The molecule has 1 aliphatic carbocycles. The second-order valence-corrected chi connectivity index (χ2v) is 5.53. The molecule has 1 saturated carbocycles. The minimum absolute atomic E-state index is 0.0919. The fraction of sp³-hybridized carbons (Fsp3) is 0.500. The first-order chi connectivity index (χ1) is 9.66. The third-order valence-electron chi connectivity index (χ3n) is 3.70. The van der Waals surface area contributed by atoms with Gasteiger partial charge in [-0.15, -0.1) is 0 Å². The van der Waals surface area contributed by atoms with Crippen LogP contribution in [0, 0.1) is 16.7 Å². The molecule has 1 aromatic carbocycles. The molecular formula is C16H21N3O. The number of nitriles is 1. The second-order valence-electron chi connectivity index (χ2n) is 5.53. The molecule has 20 heavy (non-hydrogen) atoms. The van der Waals surface area contributed by atoms with Crippen LogP contribution < -0.4 is 5.32 Å². The summed E-state index contributed by atoms with van der Waals surface area (Å²) >= 11 is 0. The summed E-state index contributed by atoms with van der Waals surface area (Å²) in [7, 11) is 2.08. The largest absolute Gasteiger partial charge is 0.355 e. The maximum Gasteiger partial charge on any atom is 0.240 e. The summed E-state index contributed by atoms with van der Waals surface area (Å²) in [5.74, 6) is -0.0919. The average molecular weight is 271 g/mol. The zero-order valence-electron chi connectivity index (χ0n) is 11.9. The van der Waals surface area contributed by atoms with E-state index in [0.717, 1.165) is 19.5 Å². The predicted octanol–water partition coefficient (Wildman–Crippen LogP) is 1.93. The number of hydrogen-bond donors (Lipinski definition) is 1. The van der Waals surface area contributed by atoms with Crippen molar-refractivity contribution in [3.05, 3.63) is 35.9 Å². The molecule has 0 saturated heterocycles. The maximum absolute atomic E-state index is 11.7. The van der Waals surface area contributed by atoms with E-state index < -0.39 is 5.41 Å². The summed E-state index contributed by atoms with van der Waals surface area (Å²) < 4.78 is 0. The molecule has 0 aromatic heterocycles. The van der Waals surface area contributed by atoms with Crippen LogP contribution in [0.5, 0.6) is 0 Å². The van der Waals surface area contributed by atoms with Gasteiger partial charge in [0.2, 0.25) is 5.91 Å². The Morgan fingerprint density at radius 3 is 2.70 bits per heavy atom. The van der Waals surface area contributed by atoms with E-state index in [0.29, 0.717) is 19.4 Å². The second kappa shape index (κ2) is 6.53. The van der Waals surface area contributed by atoms with Crippen LogP contribution in [0.1, 0.15) is 24.8 Å². The molecule has 1 aliphatic rings. The van der Waals surface area contributed by atoms with E-state index in [-0.39, 0.29) is 5.91 Å². The molecule has 1 fully saturated rings. The highest BCUT2D eigenvalue weighted by molar-refractivity contribution is 5.88. The van der Waals surface area contributed by atoms with Gasteiger partial charge in [0.25, 0.3) is 0 Å². The van der Waals surface area contributed by atoms with E-state index in [2.05, 4.69) is 35.5 Å². The number of carbonyl (C=O) groups is 1. The lowest BCUT2D eigenvalue weighted by atomic mass is 10.1. The van der Waals surface area contributed by atoms with Gasteiger partial charge < -0.3 is 10.2 Å². The number of rotatable bonds is 7. The Labute approximate surface area is 120 Å². The van der Waals surface area contributed by atoms with Gasteiger partial charge >= 0.3 is 0 Å². The highest BCUT2D eigenvalue weighted by Gasteiger charge is 2.50. The lowest BCUT2D eigenvalue weighted by molar-refractivity contribution is -0.124. The van der Waals surface area contributed by atoms with Crippen LogP contribution in [0.15, 0.2) is 30.3 Å². The van der Waals surface area contributed by atoms with Gasteiger partial charge in [-0.1, -0.05) is 30.3 Å². The van der Waals surface area contributed by atoms with E-state index in [1.807, 2.05) is 18.2 Å². The minimum atomic E-state index is -0.698. The normalized spacial score (nSPS) is 15.7. The van der Waals surface area contributed by atoms with Crippen LogP contribution in [0.4, 0.5) is 0 Å². The zero-order chi connectivity index (χ0) is 14.4. The first-order valence-electron chi connectivity index (χ1n) is 7.08. The van der Waals surface area contributed by atoms with Crippen molar-refractivity contribution in [3.8, 4) is 6.07 Å². The first kappa shape index (κ1) is 14.5. The maximum atomic E-state index is 11.7. The predicted molar refractivity (Wildman–Crippen MR) is 77.7 cm³/mol. The van der Waals surface area contributed by atoms with Gasteiger partial charge in [0.1, 0.15) is 5.41 Å². The molecule has 0 bridgehead atoms. The van der Waals surface area contributed by atoms with Crippen LogP contribution in [-0.4, -0.2) is 30.9 Å². The number of hydrogen-bond acceptors (Lipinski definition) is 3. The molecule has 2 rings (SSSR count). The Hall–Kier alpha value is -1.86. The Bertz CT molecular complexity index is 488. The molecule has 4 heteroatoms. The summed E-state index contributed by atoms with van der Waals surface area (Å²) in [5.41, 5.74) is 0.594. The lowest BCUT2D eigenvalue weighted by Crippen LogP contribution is -2.33. The topological polar surface area (TPSA) is 56.1 Å². The van der Waals surface area contributed by atoms with Crippen LogP contribution in [0.2, 0.25) is 0 Å². The Morgan fingerprint density at radius 1 is 1.40 bits per heavy atom. The Kier molecular flexibility index (Phi) is 4.75. The molecule has 0 heterocycles. The van der Waals surface area contributed by atoms with E-state index in [1.54, 1.807) is 0 Å². The molecule has 0 radical (unpaired) electrons. The molecule has 1 N–H and O–H groups in total. The van der Waals surface area contributed by atoms with Crippen molar-refractivity contribution in [2.24, 2.45) is 5.41 Å². The molecule has 4 nitrogen and oxygen atoms in total. The molecule has 0 aliphatic heterocycles. The summed E-state index contributed by atoms with van der Waals surface area (Å²) in [6, 6.07) is 12.4. The van der Waals surface area contributed by atoms with E-state index in [1.165, 1.54) is 5.56 Å². The number of amides is 1. The highest BCUT2D eigenvalue weighted by atomic mass is 16.2. The zero-order valence-corrected chi connectivity index (χ0v) is 11.9. The van der Waals surface area contributed by atoms with Crippen molar-refractivity contribution < 1.29 is 4.79 Å². The van der Waals surface area contributed by atoms with Crippen molar-refractivity contribution in [1.82, 2.24) is 10.2 Å². The SMILES string of the molecule is CN(CCCNC(=O)C1(C#N)CC1)Cc1ccccc1. The van der Waals surface area contributed by atoms with Gasteiger partial charge in [0.15, 0.2) is 0 Å². The molecule has 106 valence electrons. The highest BCUT2D eigenvalue weighted by Crippen LogP contribution is 2.44. The molecule has 1 amide bonds. The number of benzene rings is 1. The van der Waals surface area contributed by atoms with Gasteiger partial charge in [-0.25, -0.2) is 0 Å². The number of carbonyl (C=O) groups excluding carboxylic acids is 1. The summed E-state index contributed by atoms with van der Waals surface area (Å²) in [5, 5.41) is 11.8. The smallest absolute Gasteiger partial charge is 0.240 e. The average Bonchev–Trinajstić information content (AvgIpc) is 3.25. The third-order valence-corrected chi connectivity index (χ3v) is 3.70. The van der Waals surface area contributed by atoms with Crippen LogP contribution in [0.3, 0.4) is 0 Å². The molecule has 1 aromatic rings. The minimum Gasteiger partial charge on any atom is -0.355 e. The van der Waals surface area contributed by atoms with Gasteiger partial charge in [0.05, 0.1) is 6.07 Å². The van der Waals surface area contributed by atoms with Gasteiger partial charge in [0, 0.05) is 13.1 Å². The van der Waals surface area contributed by atoms with E-state index in [9.17, 15) is 4.79 Å². The van der Waals surface area contributed by atoms with Crippen molar-refractivity contribution in [2.75, 3.05) is 20.1 Å². The molecule has 0 spiro atoms. The Balaban J connectivity index is 1.62. The van der Waals surface area contributed by atoms with Crippen LogP contribution in [-0.2, 0) is 11.3 Å². The third kappa shape index (κ3) is 3.82. The van der Waals surface area contributed by atoms with Gasteiger partial charge in [-0.05, 0) is 38.4 Å². The lowest BCUT2D eigenvalue weighted by Gasteiger charge is -2.17. The fourth-order valence-electron chi connectivity index (χ4n) is 2.21.